The fourth-order valence-corrected chi connectivity index (χ4v) is 14.4. The molecule has 30 nitrogen and oxygen atoms in total. The Hall–Kier alpha value is -12.1. The Labute approximate surface area is 629 Å². The van der Waals surface area contributed by atoms with E-state index in [1.165, 1.54) is 51.6 Å². The number of nitrogens with one attached hydrogen (secondary N) is 6. The minimum Gasteiger partial charge on any atom is -0.497 e. The SMILES string of the molecule is COc1ccc(C2=CN3C(=O)c4cc(OC)c(OCCCOc5cc6c(cc5OC)C(=O)N5CC7(CC7)C[C@H]5C(O)N6C(=O)OCc5ccc(NC(=O)[C@H](C)NC(=O)[C@@H](NC(=O)CNC(=O)CNC(=O)CCC(=O)N6Cc7ccccc7-c7nnn(C(C)C)c7-c7ccccc76)C(C)C)cn5)cc4NC[C@@H]3C2)cc1. The molecule has 7 heterocycles. The predicted octanol–water partition coefficient (Wildman–Crippen LogP) is 7.76. The van der Waals surface area contributed by atoms with E-state index < -0.39 is 84.9 Å². The molecule has 1 unspecified atom stereocenters. The van der Waals surface area contributed by atoms with E-state index in [1.807, 2.05) is 97.5 Å². The van der Waals surface area contributed by atoms with Crippen molar-refractivity contribution >= 4 is 81.7 Å². The molecule has 2 aromatic heterocycles. The second-order valence-electron chi connectivity index (χ2n) is 28.6. The number of aliphatic hydroxyl groups excluding tert-OH is 1. The minimum absolute atomic E-state index is 0.0307. The van der Waals surface area contributed by atoms with Gasteiger partial charge in [0.15, 0.2) is 29.2 Å². The second-order valence-corrected chi connectivity index (χ2v) is 28.6. The zero-order valence-electron chi connectivity index (χ0n) is 61.8. The molecule has 570 valence electrons. The molecule has 1 saturated heterocycles. The maximum absolute atomic E-state index is 14.5. The Morgan fingerprint density at radius 1 is 0.706 bits per heavy atom. The molecule has 5 aromatic carbocycles. The highest BCUT2D eigenvalue weighted by molar-refractivity contribution is 6.07. The van der Waals surface area contributed by atoms with Gasteiger partial charge in [0.25, 0.3) is 11.8 Å². The number of pyridine rings is 1. The molecule has 7 N–H and O–H groups in total. The number of carbonyl (C=O) groups excluding carboxylic acids is 9. The number of hydrogen-bond donors (Lipinski definition) is 7. The van der Waals surface area contributed by atoms with Crippen molar-refractivity contribution in [3.05, 3.63) is 150 Å². The van der Waals surface area contributed by atoms with E-state index in [0.717, 1.165) is 57.0 Å². The summed E-state index contributed by atoms with van der Waals surface area (Å²) in [5, 5.41) is 37.5. The first-order valence-electron chi connectivity index (χ1n) is 36.4. The van der Waals surface area contributed by atoms with Crippen molar-refractivity contribution in [3.63, 3.8) is 0 Å². The zero-order chi connectivity index (χ0) is 76.9. The quantitative estimate of drug-likeness (QED) is 0.0255. The fraction of sp³-hybridized carbons (Fsp3) is 0.392. The number of amides is 9. The Bertz CT molecular complexity index is 4710. The number of aromatic nitrogens is 4. The van der Waals surface area contributed by atoms with Gasteiger partial charge in [0.05, 0.1) is 118 Å². The van der Waals surface area contributed by atoms with Gasteiger partial charge >= 0.3 is 6.09 Å². The largest absolute Gasteiger partial charge is 0.497 e. The van der Waals surface area contributed by atoms with Crippen LogP contribution in [0.2, 0.25) is 0 Å². The van der Waals surface area contributed by atoms with Crippen LogP contribution in [-0.2, 0) is 46.7 Å². The summed E-state index contributed by atoms with van der Waals surface area (Å²) in [4.78, 5) is 134. The van der Waals surface area contributed by atoms with Crippen LogP contribution in [0.4, 0.5) is 27.5 Å². The third-order valence-electron chi connectivity index (χ3n) is 20.5. The van der Waals surface area contributed by atoms with Gasteiger partial charge < -0.3 is 80.1 Å². The molecule has 109 heavy (non-hydrogen) atoms. The summed E-state index contributed by atoms with van der Waals surface area (Å²) >= 11 is 0. The molecule has 2 fully saturated rings. The summed E-state index contributed by atoms with van der Waals surface area (Å²) in [6, 6.07) is 29.2. The number of carbonyl (C=O) groups is 9. The van der Waals surface area contributed by atoms with Crippen LogP contribution >= 0.6 is 0 Å². The van der Waals surface area contributed by atoms with Crippen LogP contribution in [0.5, 0.6) is 28.7 Å². The number of benzene rings is 5. The molecule has 1 saturated carbocycles. The van der Waals surface area contributed by atoms with Crippen LogP contribution < -0.4 is 65.4 Å². The van der Waals surface area contributed by atoms with Crippen molar-refractivity contribution in [2.24, 2.45) is 11.3 Å². The van der Waals surface area contributed by atoms with Gasteiger partial charge in [-0.25, -0.2) is 14.4 Å². The predicted molar refractivity (Wildman–Crippen MR) is 400 cm³/mol. The van der Waals surface area contributed by atoms with Crippen molar-refractivity contribution in [1.82, 2.24) is 51.0 Å². The number of fused-ring (bicyclic) bond motifs is 9. The topological polar surface area (TPSA) is 358 Å². The van der Waals surface area contributed by atoms with Crippen molar-refractivity contribution in [3.8, 4) is 51.3 Å². The monoisotopic (exact) mass is 1490 g/mol. The lowest BCUT2D eigenvalue weighted by Gasteiger charge is -2.31. The number of para-hydroxylation sites is 1. The van der Waals surface area contributed by atoms with E-state index in [0.29, 0.717) is 66.5 Å². The summed E-state index contributed by atoms with van der Waals surface area (Å²) in [5.74, 6) is -2.73. The van der Waals surface area contributed by atoms with Crippen LogP contribution in [0.15, 0.2) is 122 Å². The Morgan fingerprint density at radius 2 is 1.40 bits per heavy atom. The smallest absolute Gasteiger partial charge is 0.416 e. The van der Waals surface area contributed by atoms with Crippen LogP contribution in [-0.4, -0.2) is 179 Å². The van der Waals surface area contributed by atoms with Gasteiger partial charge in [0.2, 0.25) is 35.4 Å². The molecule has 5 atom stereocenters. The lowest BCUT2D eigenvalue weighted by Crippen LogP contribution is -2.55. The molecule has 1 aliphatic carbocycles. The van der Waals surface area contributed by atoms with E-state index in [1.54, 1.807) is 47.8 Å². The summed E-state index contributed by atoms with van der Waals surface area (Å²) in [6.07, 6.45) is 3.55. The van der Waals surface area contributed by atoms with Crippen LogP contribution in [0, 0.1) is 11.3 Å². The van der Waals surface area contributed by atoms with Gasteiger partial charge in [-0.2, -0.15) is 0 Å². The average Bonchev–Trinajstić information content (AvgIpc) is 1.58. The molecule has 1 spiro atoms. The zero-order valence-corrected chi connectivity index (χ0v) is 61.8. The van der Waals surface area contributed by atoms with Gasteiger partial charge in [-0.15, -0.1) is 5.10 Å². The molecule has 30 heteroatoms. The number of anilines is 4. The van der Waals surface area contributed by atoms with Gasteiger partial charge in [0, 0.05) is 67.9 Å². The number of rotatable bonds is 26. The summed E-state index contributed by atoms with van der Waals surface area (Å²) in [5.41, 5.74) is 8.12. The van der Waals surface area contributed by atoms with Gasteiger partial charge in [-0.05, 0) is 117 Å². The molecular weight excluding hydrogens is 1400 g/mol. The fourth-order valence-electron chi connectivity index (χ4n) is 14.4. The Balaban J connectivity index is 0.569. The molecule has 13 rings (SSSR count). The standard InChI is InChI=1S/C79H88N14O16/c1-44(2)70(86-68(96)39-83-67(95)38-82-66(94)24-25-69(97)90-40-48-14-9-10-15-54(48)71-72(93(45(3)4)88-87-71)55-16-11-12-17-59(55)90)74(99)84-46(5)73(98)85-50-20-21-51(80-36-50)42-109-78(103)92-60-34-65(63(106-8)32-57(60)76(101)91-43-79(26-27-79)35-61(91)77(92)102)108-29-13-28-107-64-33-58-56(31-62(64)105-7)75(100)89-41-49(30-52(89)37-81-58)47-18-22-53(104-6)23-19-47/h9-12,14-23,31-34,36,41,44-46,52,61,70,77,81,102H,13,24-30,35,37-40,42-43H2,1-8H3,(H,82,94)(H,83,95)(H,84,99)(H,85,98)(H,86,96)/t46-,52-,61-,70-,77?/m0/s1. The van der Waals surface area contributed by atoms with E-state index in [2.05, 4.69) is 47.2 Å². The van der Waals surface area contributed by atoms with Crippen molar-refractivity contribution in [1.29, 1.82) is 0 Å². The van der Waals surface area contributed by atoms with Crippen LogP contribution in [0.1, 0.15) is 123 Å². The number of methoxy groups -OCH3 is 3. The molecule has 5 aliphatic heterocycles. The van der Waals surface area contributed by atoms with Crippen molar-refractivity contribution < 1.29 is 76.7 Å². The summed E-state index contributed by atoms with van der Waals surface area (Å²) in [6.45, 7) is 8.77. The van der Waals surface area contributed by atoms with Gasteiger partial charge in [-0.3, -0.25) is 43.3 Å². The number of ether oxygens (including phenoxy) is 6. The lowest BCUT2D eigenvalue weighted by atomic mass is 9.95. The summed E-state index contributed by atoms with van der Waals surface area (Å²) < 4.78 is 37.0. The van der Waals surface area contributed by atoms with Crippen LogP contribution in [0.3, 0.4) is 0 Å². The van der Waals surface area contributed by atoms with E-state index in [9.17, 15) is 48.3 Å². The molecular formula is C79H88N14O16. The molecule has 6 aliphatic rings. The van der Waals surface area contributed by atoms with Crippen molar-refractivity contribution in [2.45, 2.75) is 129 Å². The molecule has 0 radical (unpaired) electrons. The maximum Gasteiger partial charge on any atom is 0.416 e. The maximum atomic E-state index is 14.5. The first-order chi connectivity index (χ1) is 52.5. The normalized spacial score (nSPS) is 17.5. The first-order valence-corrected chi connectivity index (χ1v) is 36.4. The highest BCUT2D eigenvalue weighted by Gasteiger charge is 2.58. The summed E-state index contributed by atoms with van der Waals surface area (Å²) in [7, 11) is 4.55. The molecule has 7 aromatic rings. The Morgan fingerprint density at radius 3 is 2.10 bits per heavy atom. The van der Waals surface area contributed by atoms with Crippen LogP contribution in [0.25, 0.3) is 28.1 Å². The molecule has 0 bridgehead atoms. The highest BCUT2D eigenvalue weighted by atomic mass is 16.6. The van der Waals surface area contributed by atoms with E-state index >= 15 is 0 Å². The molecule has 9 amide bonds. The Kier molecular flexibility index (Phi) is 22.2. The average molecular weight is 1490 g/mol. The highest BCUT2D eigenvalue weighted by Crippen LogP contribution is 2.57. The second kappa shape index (κ2) is 32.2. The lowest BCUT2D eigenvalue weighted by molar-refractivity contribution is -0.132. The van der Waals surface area contributed by atoms with Gasteiger partial charge in [0.1, 0.15) is 30.1 Å². The number of hydrogen-bond acceptors (Lipinski definition) is 20. The van der Waals surface area contributed by atoms with Crippen molar-refractivity contribution in [2.75, 3.05) is 81.2 Å². The minimum atomic E-state index is -1.52. The number of aliphatic hydroxyl groups is 1. The van der Waals surface area contributed by atoms with E-state index in [-0.39, 0.29) is 103 Å². The first kappa shape index (κ1) is 75.2. The van der Waals surface area contributed by atoms with E-state index in [4.69, 9.17) is 28.4 Å². The van der Waals surface area contributed by atoms with Gasteiger partial charge in [-0.1, -0.05) is 73.7 Å². The number of nitrogens with zero attached hydrogens (tertiary/aromatic N) is 8. The third kappa shape index (κ3) is 16.1. The third-order valence-corrected chi connectivity index (χ3v) is 20.5.